The topological polar surface area (TPSA) is 92.8 Å². The fourth-order valence-electron chi connectivity index (χ4n) is 0.486. The molecule has 0 saturated heterocycles. The summed E-state index contributed by atoms with van der Waals surface area (Å²) in [5.41, 5.74) is 4.71. The number of methoxy groups -OCH3 is 1. The van der Waals surface area contributed by atoms with Crippen LogP contribution in [0.2, 0.25) is 0 Å². The third-order valence-corrected chi connectivity index (χ3v) is 1.13. The number of amides is 1. The van der Waals surface area contributed by atoms with E-state index in [9.17, 15) is 4.79 Å². The minimum absolute atomic E-state index is 0.430. The minimum Gasteiger partial charge on any atom is -0.394 e. The van der Waals surface area contributed by atoms with Gasteiger partial charge in [-0.05, 0) is 0 Å². The summed E-state index contributed by atoms with van der Waals surface area (Å²) in [5, 5.41) is 17.3. The van der Waals surface area contributed by atoms with Crippen LogP contribution < -0.4 is 5.73 Å². The molecule has 1 amide bonds. The van der Waals surface area contributed by atoms with Gasteiger partial charge in [-0.2, -0.15) is 0 Å². The molecule has 0 aliphatic heterocycles. The van der Waals surface area contributed by atoms with Crippen molar-refractivity contribution in [2.75, 3.05) is 13.7 Å². The van der Waals surface area contributed by atoms with Crippen LogP contribution in [0.3, 0.4) is 0 Å². The van der Waals surface area contributed by atoms with Gasteiger partial charge in [0.25, 0.3) is 0 Å². The van der Waals surface area contributed by atoms with E-state index in [2.05, 4.69) is 4.74 Å². The van der Waals surface area contributed by atoms with Crippen molar-refractivity contribution >= 4 is 5.91 Å². The van der Waals surface area contributed by atoms with E-state index in [0.717, 1.165) is 0 Å². The number of nitrogens with two attached hydrogens (primary N) is 1. The Morgan fingerprint density at radius 2 is 2.30 bits per heavy atom. The van der Waals surface area contributed by atoms with Gasteiger partial charge in [0.2, 0.25) is 5.91 Å². The fourth-order valence-corrected chi connectivity index (χ4v) is 0.486. The van der Waals surface area contributed by atoms with Gasteiger partial charge < -0.3 is 20.7 Å². The Morgan fingerprint density at radius 3 is 2.40 bits per heavy atom. The Kier molecular flexibility index (Phi) is 3.94. The Hall–Kier alpha value is -0.650. The lowest BCUT2D eigenvalue weighted by molar-refractivity contribution is -0.135. The summed E-state index contributed by atoms with van der Waals surface area (Å²) >= 11 is 0. The summed E-state index contributed by atoms with van der Waals surface area (Å²) < 4.78 is 4.52. The first-order valence-corrected chi connectivity index (χ1v) is 2.74. The zero-order chi connectivity index (χ0) is 8.15. The number of ether oxygens (including phenoxy) is 1. The Morgan fingerprint density at radius 1 is 1.80 bits per heavy atom. The van der Waals surface area contributed by atoms with Gasteiger partial charge in [0.05, 0.1) is 6.61 Å². The number of hydrogen-bond donors (Lipinski definition) is 3. The highest BCUT2D eigenvalue weighted by atomic mass is 16.5. The van der Waals surface area contributed by atoms with Crippen LogP contribution in [0.15, 0.2) is 0 Å². The van der Waals surface area contributed by atoms with E-state index < -0.39 is 24.7 Å². The summed E-state index contributed by atoms with van der Waals surface area (Å²) in [6.07, 6.45) is -2.35. The van der Waals surface area contributed by atoms with Gasteiger partial charge in [-0.1, -0.05) is 0 Å². The van der Waals surface area contributed by atoms with Crippen LogP contribution in [-0.2, 0) is 9.53 Å². The number of carbonyl (C=O) groups excluding carboxylic acids is 1. The lowest BCUT2D eigenvalue weighted by atomic mass is 10.2. The predicted octanol–water partition coefficient (Wildman–Crippen LogP) is -2.16. The Labute approximate surface area is 58.4 Å². The van der Waals surface area contributed by atoms with Crippen LogP contribution in [0.5, 0.6) is 0 Å². The second kappa shape index (κ2) is 4.21. The summed E-state index contributed by atoms with van der Waals surface area (Å²) in [5.74, 6) is -0.902. The summed E-state index contributed by atoms with van der Waals surface area (Å²) in [6, 6.07) is 0. The maximum Gasteiger partial charge on any atom is 0.249 e. The first kappa shape index (κ1) is 9.35. The van der Waals surface area contributed by atoms with Crippen LogP contribution in [0.4, 0.5) is 0 Å². The van der Waals surface area contributed by atoms with Crippen LogP contribution in [0, 0.1) is 0 Å². The van der Waals surface area contributed by atoms with E-state index in [1.54, 1.807) is 0 Å². The van der Waals surface area contributed by atoms with Crippen LogP contribution in [-0.4, -0.2) is 42.0 Å². The van der Waals surface area contributed by atoms with Gasteiger partial charge >= 0.3 is 0 Å². The molecular weight excluding hydrogens is 138 g/mol. The van der Waals surface area contributed by atoms with Crippen LogP contribution in [0.25, 0.3) is 0 Å². The van der Waals surface area contributed by atoms with E-state index in [4.69, 9.17) is 15.9 Å². The van der Waals surface area contributed by atoms with Crippen molar-refractivity contribution in [2.45, 2.75) is 12.2 Å². The lowest BCUT2D eigenvalue weighted by Gasteiger charge is -2.15. The number of aliphatic hydroxyl groups excluding tert-OH is 2. The molecule has 0 aromatic heterocycles. The number of rotatable bonds is 4. The number of carbonyl (C=O) groups is 1. The normalized spacial score (nSPS) is 16.3. The molecule has 60 valence electrons. The molecule has 0 aromatic rings. The molecule has 4 N–H and O–H groups in total. The van der Waals surface area contributed by atoms with Gasteiger partial charge in [0.1, 0.15) is 6.10 Å². The molecule has 0 bridgehead atoms. The van der Waals surface area contributed by atoms with E-state index in [1.165, 1.54) is 7.11 Å². The monoisotopic (exact) mass is 149 g/mol. The number of primary amides is 1. The van der Waals surface area contributed by atoms with Gasteiger partial charge in [-0.25, -0.2) is 0 Å². The first-order valence-electron chi connectivity index (χ1n) is 2.74. The largest absolute Gasteiger partial charge is 0.394 e. The van der Waals surface area contributed by atoms with Crippen molar-refractivity contribution in [3.05, 3.63) is 0 Å². The zero-order valence-corrected chi connectivity index (χ0v) is 5.65. The van der Waals surface area contributed by atoms with E-state index in [0.29, 0.717) is 0 Å². The molecule has 0 spiro atoms. The van der Waals surface area contributed by atoms with Crippen LogP contribution >= 0.6 is 0 Å². The average Bonchev–Trinajstić information content (AvgIpc) is 1.90. The second-order valence-corrected chi connectivity index (χ2v) is 1.80. The Bertz CT molecular complexity index is 112. The van der Waals surface area contributed by atoms with Crippen molar-refractivity contribution < 1.29 is 19.7 Å². The standard InChI is InChI=1S/C5H11NO4/c1-10-3(2-7)4(8)5(6)9/h3-4,7-8H,2H2,1H3,(H2,6,9)/t3-,4+/m0/s1. The van der Waals surface area contributed by atoms with Crippen LogP contribution in [0.1, 0.15) is 0 Å². The molecule has 0 rings (SSSR count). The molecule has 0 radical (unpaired) electrons. The summed E-state index contributed by atoms with van der Waals surface area (Å²) in [6.45, 7) is -0.430. The molecule has 0 unspecified atom stereocenters. The third-order valence-electron chi connectivity index (χ3n) is 1.13. The van der Waals surface area contributed by atoms with E-state index >= 15 is 0 Å². The third kappa shape index (κ3) is 2.30. The van der Waals surface area contributed by atoms with Crippen molar-refractivity contribution in [1.82, 2.24) is 0 Å². The zero-order valence-electron chi connectivity index (χ0n) is 5.65. The van der Waals surface area contributed by atoms with E-state index in [-0.39, 0.29) is 0 Å². The lowest BCUT2D eigenvalue weighted by Crippen LogP contribution is -2.41. The maximum atomic E-state index is 10.2. The SMILES string of the molecule is CO[C@@H](CO)[C@@H](O)C(N)=O. The van der Waals surface area contributed by atoms with Crippen molar-refractivity contribution in [1.29, 1.82) is 0 Å². The molecule has 0 heterocycles. The molecule has 2 atom stereocenters. The molecular formula is C5H11NO4. The minimum atomic E-state index is -1.44. The van der Waals surface area contributed by atoms with Gasteiger partial charge in [0, 0.05) is 7.11 Å². The molecule has 5 nitrogen and oxygen atoms in total. The molecule has 0 aliphatic rings. The smallest absolute Gasteiger partial charge is 0.249 e. The first-order chi connectivity index (χ1) is 4.63. The van der Waals surface area contributed by atoms with Crippen molar-refractivity contribution in [3.8, 4) is 0 Å². The molecule has 10 heavy (non-hydrogen) atoms. The molecule has 0 aliphatic carbocycles. The van der Waals surface area contributed by atoms with E-state index in [1.807, 2.05) is 0 Å². The maximum absolute atomic E-state index is 10.2. The molecule has 5 heteroatoms. The average molecular weight is 149 g/mol. The molecule has 0 saturated carbocycles. The number of aliphatic hydroxyl groups is 2. The van der Waals surface area contributed by atoms with Gasteiger partial charge in [-0.3, -0.25) is 4.79 Å². The highest BCUT2D eigenvalue weighted by Gasteiger charge is 2.22. The van der Waals surface area contributed by atoms with Gasteiger partial charge in [-0.15, -0.1) is 0 Å². The summed E-state index contributed by atoms with van der Waals surface area (Å²) in [4.78, 5) is 10.2. The highest BCUT2D eigenvalue weighted by Crippen LogP contribution is 1.95. The van der Waals surface area contributed by atoms with Crippen molar-refractivity contribution in [2.24, 2.45) is 5.73 Å². The Balaban J connectivity index is 3.88. The quantitative estimate of drug-likeness (QED) is 0.424. The summed E-state index contributed by atoms with van der Waals surface area (Å²) in [7, 11) is 1.27. The fraction of sp³-hybridized carbons (Fsp3) is 0.800. The second-order valence-electron chi connectivity index (χ2n) is 1.80. The highest BCUT2D eigenvalue weighted by molar-refractivity contribution is 5.79. The number of hydrogen-bond acceptors (Lipinski definition) is 4. The molecule has 0 aromatic carbocycles. The predicted molar refractivity (Wildman–Crippen MR) is 33.1 cm³/mol. The van der Waals surface area contributed by atoms with Crippen molar-refractivity contribution in [3.63, 3.8) is 0 Å². The van der Waals surface area contributed by atoms with Gasteiger partial charge in [0.15, 0.2) is 6.10 Å². The molecule has 0 fully saturated rings.